The van der Waals surface area contributed by atoms with Gasteiger partial charge in [0, 0.05) is 43.9 Å². The van der Waals surface area contributed by atoms with Crippen LogP contribution in [0.2, 0.25) is 0 Å². The van der Waals surface area contributed by atoms with Crippen LogP contribution < -0.4 is 10.9 Å². The Morgan fingerprint density at radius 3 is 2.71 bits per heavy atom. The fraction of sp³-hybridized carbons (Fsp3) is 0.706. The molecule has 1 N–H and O–H groups in total. The minimum absolute atomic E-state index is 0.199. The van der Waals surface area contributed by atoms with Crippen LogP contribution in [0, 0.1) is 0 Å². The number of hydrogen-bond acceptors (Lipinski definition) is 3. The molecule has 0 unspecified atom stereocenters. The summed E-state index contributed by atoms with van der Waals surface area (Å²) in [5.74, 6) is 0. The van der Waals surface area contributed by atoms with Crippen molar-refractivity contribution >= 4 is 0 Å². The van der Waals surface area contributed by atoms with E-state index in [1.165, 1.54) is 17.7 Å². The summed E-state index contributed by atoms with van der Waals surface area (Å²) in [6, 6.07) is 2.14. The lowest BCUT2D eigenvalue weighted by Crippen LogP contribution is -2.37. The highest BCUT2D eigenvalue weighted by Gasteiger charge is 2.20. The second kappa shape index (κ2) is 7.76. The number of unbranched alkanes of at least 4 members (excludes halogenated alkanes) is 1. The van der Waals surface area contributed by atoms with Crippen LogP contribution >= 0.6 is 0 Å². The van der Waals surface area contributed by atoms with Crippen LogP contribution in [0.1, 0.15) is 50.4 Å². The maximum absolute atomic E-state index is 12.6. The Kier molecular flexibility index (Phi) is 6.00. The number of pyridine rings is 1. The van der Waals surface area contributed by atoms with Gasteiger partial charge in [-0.05, 0) is 38.1 Å². The maximum Gasteiger partial charge on any atom is 0.255 e. The largest absolute Gasteiger partial charge is 0.312 e. The van der Waals surface area contributed by atoms with Crippen molar-refractivity contribution in [3.8, 4) is 0 Å². The van der Waals surface area contributed by atoms with Crippen molar-refractivity contribution in [2.45, 2.75) is 59.7 Å². The van der Waals surface area contributed by atoms with Crippen LogP contribution in [0.3, 0.4) is 0 Å². The van der Waals surface area contributed by atoms with Crippen LogP contribution in [0.5, 0.6) is 0 Å². The molecular formula is C17H29N3O. The molecule has 4 nitrogen and oxygen atoms in total. The number of rotatable bonds is 7. The molecular weight excluding hydrogens is 262 g/mol. The highest BCUT2D eigenvalue weighted by atomic mass is 16.1. The summed E-state index contributed by atoms with van der Waals surface area (Å²) in [5.41, 5.74) is 3.72. The lowest BCUT2D eigenvalue weighted by atomic mass is 10.0. The molecule has 2 rings (SSSR count). The molecule has 0 fully saturated rings. The van der Waals surface area contributed by atoms with E-state index in [-0.39, 0.29) is 5.56 Å². The van der Waals surface area contributed by atoms with E-state index in [1.54, 1.807) is 0 Å². The zero-order chi connectivity index (χ0) is 15.2. The van der Waals surface area contributed by atoms with Crippen molar-refractivity contribution in [2.75, 3.05) is 19.6 Å². The zero-order valence-corrected chi connectivity index (χ0v) is 13.7. The summed E-state index contributed by atoms with van der Waals surface area (Å²) in [6.45, 7) is 12.0. The van der Waals surface area contributed by atoms with E-state index in [4.69, 9.17) is 0 Å². The molecule has 0 aliphatic carbocycles. The minimum Gasteiger partial charge on any atom is -0.312 e. The molecule has 0 amide bonds. The van der Waals surface area contributed by atoms with Crippen molar-refractivity contribution < 1.29 is 0 Å². The second-order valence-electron chi connectivity index (χ2n) is 5.84. The van der Waals surface area contributed by atoms with E-state index < -0.39 is 0 Å². The summed E-state index contributed by atoms with van der Waals surface area (Å²) in [5, 5.41) is 3.40. The molecule has 21 heavy (non-hydrogen) atoms. The maximum atomic E-state index is 12.6. The van der Waals surface area contributed by atoms with Crippen LogP contribution in [0.4, 0.5) is 0 Å². The van der Waals surface area contributed by atoms with Gasteiger partial charge in [-0.25, -0.2) is 0 Å². The van der Waals surface area contributed by atoms with Gasteiger partial charge in [0.2, 0.25) is 0 Å². The molecule has 0 saturated heterocycles. The van der Waals surface area contributed by atoms with Crippen LogP contribution in [-0.4, -0.2) is 29.1 Å². The average molecular weight is 291 g/mol. The fourth-order valence-corrected chi connectivity index (χ4v) is 3.10. The van der Waals surface area contributed by atoms with Gasteiger partial charge in [-0.3, -0.25) is 9.69 Å². The second-order valence-corrected chi connectivity index (χ2v) is 5.84. The molecule has 4 heteroatoms. The third-order valence-electron chi connectivity index (χ3n) is 4.41. The Morgan fingerprint density at radius 2 is 2.05 bits per heavy atom. The van der Waals surface area contributed by atoms with Gasteiger partial charge in [0.05, 0.1) is 0 Å². The van der Waals surface area contributed by atoms with Gasteiger partial charge in [-0.1, -0.05) is 20.3 Å². The molecule has 0 bridgehead atoms. The van der Waals surface area contributed by atoms with Gasteiger partial charge in [0.15, 0.2) is 0 Å². The Labute approximate surface area is 128 Å². The molecule has 1 aliphatic heterocycles. The van der Waals surface area contributed by atoms with E-state index in [2.05, 4.69) is 37.1 Å². The number of fused-ring (bicyclic) bond motifs is 1. The molecule has 0 aromatic carbocycles. The van der Waals surface area contributed by atoms with Crippen LogP contribution in [0.25, 0.3) is 0 Å². The molecule has 1 aliphatic rings. The molecule has 2 heterocycles. The lowest BCUT2D eigenvalue weighted by Gasteiger charge is -2.30. The molecule has 1 aromatic rings. The highest BCUT2D eigenvalue weighted by molar-refractivity contribution is 5.29. The van der Waals surface area contributed by atoms with E-state index >= 15 is 0 Å². The first-order valence-electron chi connectivity index (χ1n) is 8.38. The first kappa shape index (κ1) is 16.2. The van der Waals surface area contributed by atoms with Gasteiger partial charge in [-0.2, -0.15) is 0 Å². The van der Waals surface area contributed by atoms with Gasteiger partial charge < -0.3 is 9.88 Å². The molecule has 1 aromatic heterocycles. The third kappa shape index (κ3) is 3.74. The zero-order valence-electron chi connectivity index (χ0n) is 13.7. The lowest BCUT2D eigenvalue weighted by molar-refractivity contribution is 0.261. The summed E-state index contributed by atoms with van der Waals surface area (Å²) in [4.78, 5) is 15.0. The Hall–Kier alpha value is -1.13. The Bertz CT molecular complexity index is 522. The van der Waals surface area contributed by atoms with Gasteiger partial charge in [-0.15, -0.1) is 0 Å². The third-order valence-corrected chi connectivity index (χ3v) is 4.41. The summed E-state index contributed by atoms with van der Waals surface area (Å²) in [6.07, 6.45) is 3.34. The van der Waals surface area contributed by atoms with E-state index in [0.29, 0.717) is 6.54 Å². The summed E-state index contributed by atoms with van der Waals surface area (Å²) in [7, 11) is 0. The monoisotopic (exact) mass is 291 g/mol. The Balaban J connectivity index is 2.24. The van der Waals surface area contributed by atoms with Gasteiger partial charge >= 0.3 is 0 Å². The molecule has 0 radical (unpaired) electrons. The number of hydrogen-bond donors (Lipinski definition) is 1. The van der Waals surface area contributed by atoms with Crippen molar-refractivity contribution in [2.24, 2.45) is 0 Å². The van der Waals surface area contributed by atoms with Gasteiger partial charge in [0.1, 0.15) is 0 Å². The number of likely N-dealkylation sites (N-methyl/N-ethyl adjacent to an activating group) is 1. The minimum atomic E-state index is 0.199. The van der Waals surface area contributed by atoms with Crippen molar-refractivity contribution in [1.29, 1.82) is 0 Å². The number of nitrogens with zero attached hydrogens (tertiary/aromatic N) is 2. The van der Waals surface area contributed by atoms with Crippen molar-refractivity contribution in [3.05, 3.63) is 33.2 Å². The van der Waals surface area contributed by atoms with Gasteiger partial charge in [0.25, 0.3) is 5.56 Å². The van der Waals surface area contributed by atoms with E-state index in [9.17, 15) is 4.79 Å². The highest BCUT2D eigenvalue weighted by Crippen LogP contribution is 2.18. The van der Waals surface area contributed by atoms with E-state index in [0.717, 1.165) is 51.1 Å². The first-order valence-corrected chi connectivity index (χ1v) is 8.38. The fourth-order valence-electron chi connectivity index (χ4n) is 3.10. The van der Waals surface area contributed by atoms with Crippen molar-refractivity contribution in [1.82, 2.24) is 14.8 Å². The van der Waals surface area contributed by atoms with Crippen LogP contribution in [-0.2, 0) is 26.1 Å². The van der Waals surface area contributed by atoms with Crippen molar-refractivity contribution in [3.63, 3.8) is 0 Å². The molecule has 0 saturated carbocycles. The Morgan fingerprint density at radius 1 is 1.24 bits per heavy atom. The number of nitrogens with one attached hydrogen (secondary N) is 1. The normalized spacial score (nSPS) is 15.2. The van der Waals surface area contributed by atoms with E-state index in [1.807, 2.05) is 4.57 Å². The standard InChI is InChI=1S/C17H29N3O/c1-4-7-9-18-12-14-11-15-13-19(5-2)10-8-16(15)20(6-3)17(14)21/h11,18H,4-10,12-13H2,1-3H3. The number of aromatic nitrogens is 1. The topological polar surface area (TPSA) is 37.3 Å². The first-order chi connectivity index (χ1) is 10.2. The predicted molar refractivity (Wildman–Crippen MR) is 87.6 cm³/mol. The molecule has 0 spiro atoms. The predicted octanol–water partition coefficient (Wildman–Crippen LogP) is 2.14. The molecule has 0 atom stereocenters. The molecule has 118 valence electrons. The smallest absolute Gasteiger partial charge is 0.255 e. The summed E-state index contributed by atoms with van der Waals surface area (Å²) < 4.78 is 1.99. The summed E-state index contributed by atoms with van der Waals surface area (Å²) >= 11 is 0. The average Bonchev–Trinajstić information content (AvgIpc) is 2.51. The quantitative estimate of drug-likeness (QED) is 0.782. The van der Waals surface area contributed by atoms with Crippen LogP contribution in [0.15, 0.2) is 10.9 Å². The SMILES string of the molecule is CCCCNCc1cc2c(n(CC)c1=O)CCN(CC)C2.